The summed E-state index contributed by atoms with van der Waals surface area (Å²) in [4.78, 5) is 13.0. The number of hydrogen-bond acceptors (Lipinski definition) is 4. The average Bonchev–Trinajstić information content (AvgIpc) is 3.17. The second-order valence-corrected chi connectivity index (χ2v) is 10.2. The van der Waals surface area contributed by atoms with Crippen molar-refractivity contribution >= 4 is 11.7 Å². The molecule has 0 saturated heterocycles. The predicted octanol–water partition coefficient (Wildman–Crippen LogP) is 4.51. The van der Waals surface area contributed by atoms with Crippen molar-refractivity contribution in [3.05, 3.63) is 17.3 Å². The molecule has 4 bridgehead atoms. The zero-order chi connectivity index (χ0) is 19.3. The third kappa shape index (κ3) is 3.42. The van der Waals surface area contributed by atoms with E-state index in [-0.39, 0.29) is 5.91 Å². The fourth-order valence-corrected chi connectivity index (χ4v) is 6.72. The molecule has 5 aliphatic carbocycles. The number of carbonyl (C=O) groups is 1. The maximum Gasteiger partial charge on any atom is 0.272 e. The van der Waals surface area contributed by atoms with Crippen molar-refractivity contribution in [2.45, 2.75) is 89.6 Å². The molecule has 5 heteroatoms. The van der Waals surface area contributed by atoms with Crippen molar-refractivity contribution in [3.63, 3.8) is 0 Å². The summed E-state index contributed by atoms with van der Waals surface area (Å²) in [6.07, 6.45) is 11.7. The van der Waals surface area contributed by atoms with Crippen LogP contribution < -0.4 is 10.6 Å². The number of hydrogen-bond donors (Lipinski definition) is 2. The van der Waals surface area contributed by atoms with E-state index in [9.17, 15) is 4.79 Å². The summed E-state index contributed by atoms with van der Waals surface area (Å²) in [5.74, 6) is 4.36. The summed E-state index contributed by atoms with van der Waals surface area (Å²) < 4.78 is 0. The highest BCUT2D eigenvalue weighted by Crippen LogP contribution is 2.53. The van der Waals surface area contributed by atoms with Crippen LogP contribution in [0.2, 0.25) is 0 Å². The molecule has 0 radical (unpaired) electrons. The zero-order valence-electron chi connectivity index (χ0n) is 17.3. The Morgan fingerprint density at radius 3 is 2.25 bits per heavy atom. The fourth-order valence-electron chi connectivity index (χ4n) is 6.72. The second-order valence-electron chi connectivity index (χ2n) is 10.2. The van der Waals surface area contributed by atoms with E-state index in [4.69, 9.17) is 0 Å². The number of amides is 1. The Bertz CT molecular complexity index is 712. The highest BCUT2D eigenvalue weighted by molar-refractivity contribution is 5.92. The third-order valence-corrected chi connectivity index (χ3v) is 7.90. The van der Waals surface area contributed by atoms with Gasteiger partial charge in [0.1, 0.15) is 0 Å². The van der Waals surface area contributed by atoms with Gasteiger partial charge in [-0.1, -0.05) is 26.7 Å². The van der Waals surface area contributed by atoms with Crippen LogP contribution in [0.25, 0.3) is 0 Å². The molecule has 0 aromatic carbocycles. The Balaban J connectivity index is 1.31. The fraction of sp³-hybridized carbons (Fsp3) is 0.783. The van der Waals surface area contributed by atoms with Crippen LogP contribution in [-0.4, -0.2) is 28.2 Å². The summed E-state index contributed by atoms with van der Waals surface area (Å²) in [7, 11) is 0. The van der Waals surface area contributed by atoms with Crippen LogP contribution in [0.5, 0.6) is 0 Å². The SMILES string of the molecule is CC(C)c1cc(C(=O)NC2C3CC4CC(C3)CC2C4)nnc1NC1CCCC1. The molecule has 5 aliphatic rings. The normalized spacial score (nSPS) is 34.2. The van der Waals surface area contributed by atoms with E-state index in [0.717, 1.165) is 23.2 Å². The average molecular weight is 383 g/mol. The van der Waals surface area contributed by atoms with E-state index >= 15 is 0 Å². The van der Waals surface area contributed by atoms with Crippen LogP contribution in [-0.2, 0) is 0 Å². The molecule has 28 heavy (non-hydrogen) atoms. The topological polar surface area (TPSA) is 66.9 Å². The van der Waals surface area contributed by atoms with Gasteiger partial charge in [0.15, 0.2) is 11.5 Å². The number of carbonyl (C=O) groups excluding carboxylic acids is 1. The highest BCUT2D eigenvalue weighted by atomic mass is 16.2. The van der Waals surface area contributed by atoms with Gasteiger partial charge < -0.3 is 10.6 Å². The summed E-state index contributed by atoms with van der Waals surface area (Å²) in [6, 6.07) is 2.82. The largest absolute Gasteiger partial charge is 0.366 e. The van der Waals surface area contributed by atoms with Gasteiger partial charge in [0, 0.05) is 17.6 Å². The van der Waals surface area contributed by atoms with E-state index in [2.05, 4.69) is 34.7 Å². The van der Waals surface area contributed by atoms with Crippen molar-refractivity contribution < 1.29 is 4.79 Å². The Morgan fingerprint density at radius 2 is 1.64 bits per heavy atom. The molecule has 5 fully saturated rings. The predicted molar refractivity (Wildman–Crippen MR) is 110 cm³/mol. The van der Waals surface area contributed by atoms with Crippen LogP contribution in [0.15, 0.2) is 6.07 Å². The van der Waals surface area contributed by atoms with Gasteiger partial charge >= 0.3 is 0 Å². The molecule has 1 heterocycles. The molecular weight excluding hydrogens is 348 g/mol. The molecule has 1 aromatic heterocycles. The summed E-state index contributed by atoms with van der Waals surface area (Å²) in [6.45, 7) is 4.33. The number of anilines is 1. The lowest BCUT2D eigenvalue weighted by molar-refractivity contribution is -0.0120. The van der Waals surface area contributed by atoms with Gasteiger partial charge in [-0.25, -0.2) is 0 Å². The van der Waals surface area contributed by atoms with Gasteiger partial charge in [-0.15, -0.1) is 10.2 Å². The third-order valence-electron chi connectivity index (χ3n) is 7.90. The van der Waals surface area contributed by atoms with Gasteiger partial charge in [0.2, 0.25) is 0 Å². The van der Waals surface area contributed by atoms with Gasteiger partial charge in [-0.05, 0) is 80.6 Å². The van der Waals surface area contributed by atoms with Crippen LogP contribution >= 0.6 is 0 Å². The molecule has 0 unspecified atom stereocenters. The molecule has 152 valence electrons. The molecule has 0 spiro atoms. The molecule has 2 N–H and O–H groups in total. The minimum atomic E-state index is -0.0284. The Labute approximate surface area is 168 Å². The first-order valence-corrected chi connectivity index (χ1v) is 11.5. The maximum absolute atomic E-state index is 13.0. The molecule has 5 saturated carbocycles. The Morgan fingerprint density at radius 1 is 1.00 bits per heavy atom. The maximum atomic E-state index is 13.0. The van der Waals surface area contributed by atoms with Crippen LogP contribution in [0.4, 0.5) is 5.82 Å². The number of rotatable bonds is 5. The van der Waals surface area contributed by atoms with Crippen molar-refractivity contribution in [2.24, 2.45) is 23.7 Å². The van der Waals surface area contributed by atoms with Gasteiger partial charge in [-0.3, -0.25) is 4.79 Å². The Kier molecular flexibility index (Phi) is 4.80. The van der Waals surface area contributed by atoms with Crippen LogP contribution in [0.1, 0.15) is 93.6 Å². The standard InChI is InChI=1S/C23H34N4O/c1-13(2)19-12-20(26-27-22(19)24-18-5-3-4-6-18)23(28)25-21-16-8-14-7-15(10-16)11-17(21)9-14/h12-18,21H,3-11H2,1-2H3,(H,24,27)(H,25,28). The Hall–Kier alpha value is -1.65. The highest BCUT2D eigenvalue weighted by Gasteiger charge is 2.48. The van der Waals surface area contributed by atoms with Crippen LogP contribution in [0.3, 0.4) is 0 Å². The molecule has 6 rings (SSSR count). The van der Waals surface area contributed by atoms with E-state index in [0.29, 0.717) is 35.5 Å². The summed E-state index contributed by atoms with van der Waals surface area (Å²) in [5.41, 5.74) is 1.59. The van der Waals surface area contributed by atoms with Crippen molar-refractivity contribution in [3.8, 4) is 0 Å². The van der Waals surface area contributed by atoms with Gasteiger partial charge in [-0.2, -0.15) is 0 Å². The van der Waals surface area contributed by atoms with E-state index in [1.165, 1.54) is 57.8 Å². The molecule has 1 amide bonds. The lowest BCUT2D eigenvalue weighted by Gasteiger charge is -2.54. The smallest absolute Gasteiger partial charge is 0.272 e. The monoisotopic (exact) mass is 382 g/mol. The van der Waals surface area contributed by atoms with E-state index in [1.54, 1.807) is 0 Å². The molecular formula is C23H34N4O. The zero-order valence-corrected chi connectivity index (χ0v) is 17.3. The summed E-state index contributed by atoms with van der Waals surface area (Å²) >= 11 is 0. The van der Waals surface area contributed by atoms with E-state index < -0.39 is 0 Å². The lowest BCUT2D eigenvalue weighted by Crippen LogP contribution is -2.55. The number of nitrogens with one attached hydrogen (secondary N) is 2. The van der Waals surface area contributed by atoms with Gasteiger partial charge in [0.25, 0.3) is 5.91 Å². The first-order valence-electron chi connectivity index (χ1n) is 11.5. The number of nitrogens with zero attached hydrogens (tertiary/aromatic N) is 2. The van der Waals surface area contributed by atoms with Crippen LogP contribution in [0, 0.1) is 23.7 Å². The molecule has 0 aliphatic heterocycles. The number of aromatic nitrogens is 2. The first-order chi connectivity index (χ1) is 13.6. The summed E-state index contributed by atoms with van der Waals surface area (Å²) in [5, 5.41) is 15.7. The molecule has 1 aromatic rings. The van der Waals surface area contributed by atoms with Gasteiger partial charge in [0.05, 0.1) is 0 Å². The quantitative estimate of drug-likeness (QED) is 0.786. The minimum absolute atomic E-state index is 0.0284. The molecule has 5 nitrogen and oxygen atoms in total. The lowest BCUT2D eigenvalue weighted by atomic mass is 9.54. The first kappa shape index (κ1) is 18.4. The second kappa shape index (κ2) is 7.31. The van der Waals surface area contributed by atoms with Crippen molar-refractivity contribution in [1.82, 2.24) is 15.5 Å². The van der Waals surface area contributed by atoms with Crippen molar-refractivity contribution in [1.29, 1.82) is 0 Å². The minimum Gasteiger partial charge on any atom is -0.366 e. The van der Waals surface area contributed by atoms with E-state index in [1.807, 2.05) is 6.07 Å². The van der Waals surface area contributed by atoms with Crippen molar-refractivity contribution in [2.75, 3.05) is 5.32 Å². The molecule has 0 atom stereocenters.